The van der Waals surface area contributed by atoms with Gasteiger partial charge in [0.1, 0.15) is 0 Å². The van der Waals surface area contributed by atoms with Crippen molar-refractivity contribution >= 4 is 11.8 Å². The average molecular weight is 308 g/mol. The Kier molecular flexibility index (Phi) is 4.19. The van der Waals surface area contributed by atoms with E-state index in [0.29, 0.717) is 12.8 Å². The van der Waals surface area contributed by atoms with Crippen LogP contribution in [0.1, 0.15) is 19.3 Å². The van der Waals surface area contributed by atoms with Crippen LogP contribution >= 0.6 is 0 Å². The van der Waals surface area contributed by atoms with Crippen LogP contribution in [0.25, 0.3) is 0 Å². The maximum Gasteiger partial charge on any atom is 0.394 e. The first-order valence-corrected chi connectivity index (χ1v) is 6.85. The van der Waals surface area contributed by atoms with Gasteiger partial charge in [-0.05, 0) is 12.8 Å². The zero-order valence-corrected chi connectivity index (χ0v) is 11.8. The van der Waals surface area contributed by atoms with Crippen LogP contribution in [0.4, 0.5) is 13.2 Å². The van der Waals surface area contributed by atoms with Crippen molar-refractivity contribution in [2.45, 2.75) is 25.4 Å². The summed E-state index contributed by atoms with van der Waals surface area (Å²) >= 11 is 0. The lowest BCUT2D eigenvalue weighted by Gasteiger charge is -2.42. The van der Waals surface area contributed by atoms with Crippen LogP contribution in [-0.4, -0.2) is 49.7 Å². The van der Waals surface area contributed by atoms with Crippen LogP contribution in [0.3, 0.4) is 0 Å². The number of ether oxygens (including phenoxy) is 1. The molecule has 0 aromatic heterocycles. The van der Waals surface area contributed by atoms with Gasteiger partial charge < -0.3 is 15.4 Å². The number of methoxy groups -OCH3 is 1. The van der Waals surface area contributed by atoms with Crippen molar-refractivity contribution in [2.75, 3.05) is 26.8 Å². The molecule has 1 aliphatic carbocycles. The summed E-state index contributed by atoms with van der Waals surface area (Å²) in [6.07, 6.45) is -2.48. The van der Waals surface area contributed by atoms with E-state index in [2.05, 4.69) is 0 Å². The molecule has 2 N–H and O–H groups in total. The first-order chi connectivity index (χ1) is 9.71. The summed E-state index contributed by atoms with van der Waals surface area (Å²) in [5, 5.41) is 0. The van der Waals surface area contributed by atoms with Crippen molar-refractivity contribution in [3.8, 4) is 0 Å². The van der Waals surface area contributed by atoms with Gasteiger partial charge in [0.25, 0.3) is 0 Å². The molecule has 2 atom stereocenters. The molecule has 5 nitrogen and oxygen atoms in total. The third-order valence-electron chi connectivity index (χ3n) is 4.58. The zero-order valence-electron chi connectivity index (χ0n) is 11.8. The molecule has 1 saturated carbocycles. The topological polar surface area (TPSA) is 72.6 Å². The molecule has 2 aliphatic rings. The van der Waals surface area contributed by atoms with E-state index in [0.717, 1.165) is 11.3 Å². The summed E-state index contributed by atoms with van der Waals surface area (Å²) in [5.74, 6) is -4.61. The number of amides is 2. The molecule has 8 heteroatoms. The Bertz CT molecular complexity index is 435. The fraction of sp³-hybridized carbons (Fsp3) is 0.846. The first kappa shape index (κ1) is 16.1. The van der Waals surface area contributed by atoms with Crippen molar-refractivity contribution in [1.82, 2.24) is 4.90 Å². The van der Waals surface area contributed by atoms with E-state index in [-0.39, 0.29) is 19.1 Å². The molecule has 21 heavy (non-hydrogen) atoms. The molecule has 2 rings (SSSR count). The zero-order chi connectivity index (χ0) is 15.8. The number of hydrogen-bond acceptors (Lipinski definition) is 3. The van der Waals surface area contributed by atoms with Gasteiger partial charge in [-0.1, -0.05) is 6.42 Å². The number of carbonyl (C=O) groups is 2. The number of nitrogens with two attached hydrogens (primary N) is 1. The van der Waals surface area contributed by atoms with E-state index >= 15 is 0 Å². The molecule has 0 aromatic carbocycles. The molecule has 1 aliphatic heterocycles. The van der Waals surface area contributed by atoms with E-state index in [1.807, 2.05) is 0 Å². The molecule has 0 spiro atoms. The highest BCUT2D eigenvalue weighted by Crippen LogP contribution is 2.45. The first-order valence-electron chi connectivity index (χ1n) is 6.85. The van der Waals surface area contributed by atoms with Crippen LogP contribution < -0.4 is 5.73 Å². The number of likely N-dealkylation sites (tertiary alicyclic amines) is 1. The lowest BCUT2D eigenvalue weighted by molar-refractivity contribution is -0.183. The quantitative estimate of drug-likeness (QED) is 0.839. The third-order valence-corrected chi connectivity index (χ3v) is 4.58. The molecule has 120 valence electrons. The monoisotopic (exact) mass is 308 g/mol. The van der Waals surface area contributed by atoms with E-state index in [1.165, 1.54) is 7.11 Å². The minimum atomic E-state index is -4.54. The van der Waals surface area contributed by atoms with Gasteiger partial charge in [0, 0.05) is 20.2 Å². The lowest BCUT2D eigenvalue weighted by atomic mass is 9.68. The number of halogens is 3. The highest BCUT2D eigenvalue weighted by Gasteiger charge is 2.56. The summed E-state index contributed by atoms with van der Waals surface area (Å²) in [5.41, 5.74) is 4.34. The Morgan fingerprint density at radius 2 is 1.95 bits per heavy atom. The molecular formula is C13H19F3N2O3. The molecule has 0 radical (unpaired) electrons. The van der Waals surface area contributed by atoms with Gasteiger partial charge in [0.15, 0.2) is 0 Å². The Morgan fingerprint density at radius 3 is 2.29 bits per heavy atom. The summed E-state index contributed by atoms with van der Waals surface area (Å²) in [7, 11) is 1.46. The third kappa shape index (κ3) is 2.86. The van der Waals surface area contributed by atoms with Gasteiger partial charge in [-0.25, -0.2) is 0 Å². The van der Waals surface area contributed by atoms with Gasteiger partial charge >= 0.3 is 6.18 Å². The van der Waals surface area contributed by atoms with Crippen molar-refractivity contribution in [2.24, 2.45) is 23.0 Å². The van der Waals surface area contributed by atoms with Crippen molar-refractivity contribution in [1.29, 1.82) is 0 Å². The molecule has 2 fully saturated rings. The molecule has 2 amide bonds. The van der Waals surface area contributed by atoms with Crippen molar-refractivity contribution in [3.63, 3.8) is 0 Å². The minimum Gasteiger partial charge on any atom is -0.384 e. The molecular weight excluding hydrogens is 289 g/mol. The predicted octanol–water partition coefficient (Wildman–Crippen LogP) is 0.925. The highest BCUT2D eigenvalue weighted by molar-refractivity contribution is 5.86. The van der Waals surface area contributed by atoms with E-state index in [4.69, 9.17) is 10.5 Å². The summed E-state index contributed by atoms with van der Waals surface area (Å²) < 4.78 is 44.0. The fourth-order valence-electron chi connectivity index (χ4n) is 3.22. The lowest BCUT2D eigenvalue weighted by Crippen LogP contribution is -2.50. The highest BCUT2D eigenvalue weighted by atomic mass is 19.4. The Balaban J connectivity index is 2.15. The van der Waals surface area contributed by atoms with Crippen molar-refractivity contribution in [3.05, 3.63) is 0 Å². The second-order valence-corrected chi connectivity index (χ2v) is 5.93. The Labute approximate surface area is 120 Å². The van der Waals surface area contributed by atoms with Gasteiger partial charge in [0.2, 0.25) is 11.8 Å². The molecule has 0 aromatic rings. The Morgan fingerprint density at radius 1 is 1.33 bits per heavy atom. The summed E-state index contributed by atoms with van der Waals surface area (Å²) in [6.45, 7) is -0.564. The fourth-order valence-corrected chi connectivity index (χ4v) is 3.22. The van der Waals surface area contributed by atoms with Crippen LogP contribution in [0.2, 0.25) is 0 Å². The molecule has 1 heterocycles. The number of alkyl halides is 3. The van der Waals surface area contributed by atoms with Crippen LogP contribution in [0.15, 0.2) is 0 Å². The number of primary amides is 1. The second kappa shape index (κ2) is 5.47. The maximum atomic E-state index is 13.0. The van der Waals surface area contributed by atoms with E-state index in [9.17, 15) is 22.8 Å². The van der Waals surface area contributed by atoms with E-state index < -0.39 is 35.9 Å². The molecule has 0 unspecified atom stereocenters. The van der Waals surface area contributed by atoms with Gasteiger partial charge in [-0.2, -0.15) is 13.2 Å². The van der Waals surface area contributed by atoms with Crippen LogP contribution in [0.5, 0.6) is 0 Å². The largest absolute Gasteiger partial charge is 0.394 e. The summed E-state index contributed by atoms with van der Waals surface area (Å²) in [4.78, 5) is 24.9. The van der Waals surface area contributed by atoms with Crippen molar-refractivity contribution < 1.29 is 27.5 Å². The number of hydrogen-bond donors (Lipinski definition) is 1. The average Bonchev–Trinajstić information content (AvgIpc) is 2.77. The van der Waals surface area contributed by atoms with Gasteiger partial charge in [0.05, 0.1) is 23.9 Å². The van der Waals surface area contributed by atoms with Crippen LogP contribution in [-0.2, 0) is 14.3 Å². The SMILES string of the molecule is COCC1(C(=O)N2C[C@@H](C(F)(F)F)[C@H](C(N)=O)C2)CCC1. The van der Waals surface area contributed by atoms with E-state index in [1.54, 1.807) is 0 Å². The molecule has 0 bridgehead atoms. The summed E-state index contributed by atoms with van der Waals surface area (Å²) in [6, 6.07) is 0. The molecule has 1 saturated heterocycles. The van der Waals surface area contributed by atoms with Gasteiger partial charge in [-0.3, -0.25) is 9.59 Å². The minimum absolute atomic E-state index is 0.195. The Hall–Kier alpha value is -1.31. The standard InChI is InChI=1S/C13H19F3N2O3/c1-21-7-12(3-2-4-12)11(20)18-5-8(10(17)19)9(6-18)13(14,15)16/h8-9H,2-7H2,1H3,(H2,17,19)/t8-,9-/m1/s1. The van der Waals surface area contributed by atoms with Crippen LogP contribution in [0, 0.1) is 17.3 Å². The number of nitrogens with zero attached hydrogens (tertiary/aromatic N) is 1. The number of rotatable bonds is 4. The smallest absolute Gasteiger partial charge is 0.384 e. The van der Waals surface area contributed by atoms with Gasteiger partial charge in [-0.15, -0.1) is 0 Å². The number of carbonyl (C=O) groups excluding carboxylic acids is 2. The maximum absolute atomic E-state index is 13.0. The second-order valence-electron chi connectivity index (χ2n) is 5.93. The predicted molar refractivity (Wildman–Crippen MR) is 67.0 cm³/mol. The normalized spacial score (nSPS) is 28.3.